The molecule has 1 fully saturated rings. The van der Waals surface area contributed by atoms with Crippen molar-refractivity contribution >= 4 is 28.8 Å². The van der Waals surface area contributed by atoms with Crippen LogP contribution in [0.2, 0.25) is 5.02 Å². The summed E-state index contributed by atoms with van der Waals surface area (Å²) >= 11 is 6.04. The molecule has 0 unspecified atom stereocenters. The molecule has 0 atom stereocenters. The van der Waals surface area contributed by atoms with Crippen molar-refractivity contribution in [2.45, 2.75) is 0 Å². The Morgan fingerprint density at radius 3 is 2.40 bits per heavy atom. The molecule has 1 aliphatic heterocycles. The summed E-state index contributed by atoms with van der Waals surface area (Å²) in [6.45, 7) is 3.83. The van der Waals surface area contributed by atoms with Crippen LogP contribution < -0.4 is 15.5 Å². The van der Waals surface area contributed by atoms with Crippen LogP contribution in [0.5, 0.6) is 0 Å². The molecule has 104 valence electrons. The molecule has 0 radical (unpaired) electrons. The van der Waals surface area contributed by atoms with Crippen molar-refractivity contribution in [1.29, 1.82) is 0 Å². The summed E-state index contributed by atoms with van der Waals surface area (Å²) in [6.07, 6.45) is 1.71. The smallest absolute Gasteiger partial charge is 0.128 e. The fourth-order valence-electron chi connectivity index (χ4n) is 2.45. The van der Waals surface area contributed by atoms with Crippen molar-refractivity contribution in [3.05, 3.63) is 47.6 Å². The summed E-state index contributed by atoms with van der Waals surface area (Å²) in [5.74, 6) is 0.991. The highest BCUT2D eigenvalue weighted by Crippen LogP contribution is 2.22. The molecular weight excluding hydrogens is 272 g/mol. The molecule has 0 spiro atoms. The lowest BCUT2D eigenvalue weighted by Gasteiger charge is -2.36. The number of nitrogens with zero attached hydrogens (tertiary/aromatic N) is 3. The first kappa shape index (κ1) is 13.1. The predicted molar refractivity (Wildman–Crippen MR) is 84.5 cm³/mol. The Hall–Kier alpha value is -1.94. The van der Waals surface area contributed by atoms with Gasteiger partial charge >= 0.3 is 0 Å². The molecular formula is C15H17ClN4. The zero-order chi connectivity index (χ0) is 13.9. The highest BCUT2D eigenvalue weighted by Gasteiger charge is 2.18. The van der Waals surface area contributed by atoms with Gasteiger partial charge in [-0.1, -0.05) is 17.7 Å². The van der Waals surface area contributed by atoms with E-state index in [9.17, 15) is 0 Å². The van der Waals surface area contributed by atoms with Gasteiger partial charge in [0.1, 0.15) is 5.82 Å². The third-order valence-corrected chi connectivity index (χ3v) is 3.78. The van der Waals surface area contributed by atoms with E-state index in [2.05, 4.69) is 20.9 Å². The maximum Gasteiger partial charge on any atom is 0.128 e. The van der Waals surface area contributed by atoms with Crippen LogP contribution in [0.25, 0.3) is 0 Å². The first-order valence-corrected chi connectivity index (χ1v) is 7.07. The highest BCUT2D eigenvalue weighted by atomic mass is 35.5. The molecule has 0 bridgehead atoms. The number of pyridine rings is 1. The third kappa shape index (κ3) is 2.80. The molecule has 0 amide bonds. The first-order valence-electron chi connectivity index (χ1n) is 6.69. The van der Waals surface area contributed by atoms with Crippen LogP contribution in [0.1, 0.15) is 0 Å². The lowest BCUT2D eigenvalue weighted by molar-refractivity contribution is 0.647. The Morgan fingerprint density at radius 1 is 1.00 bits per heavy atom. The fourth-order valence-corrected chi connectivity index (χ4v) is 2.64. The largest absolute Gasteiger partial charge is 0.397 e. The Labute approximate surface area is 123 Å². The molecule has 5 heteroatoms. The number of nitrogens with two attached hydrogens (primary N) is 1. The normalized spacial score (nSPS) is 15.4. The summed E-state index contributed by atoms with van der Waals surface area (Å²) in [4.78, 5) is 9.00. The first-order chi connectivity index (χ1) is 9.72. The van der Waals surface area contributed by atoms with E-state index >= 15 is 0 Å². The average Bonchev–Trinajstić information content (AvgIpc) is 2.48. The van der Waals surface area contributed by atoms with Crippen molar-refractivity contribution in [2.24, 2.45) is 0 Å². The van der Waals surface area contributed by atoms with Crippen LogP contribution in [0, 0.1) is 0 Å². The maximum absolute atomic E-state index is 6.04. The monoisotopic (exact) mass is 288 g/mol. The summed E-state index contributed by atoms with van der Waals surface area (Å²) in [7, 11) is 0. The van der Waals surface area contributed by atoms with Crippen LogP contribution in [-0.2, 0) is 0 Å². The Kier molecular flexibility index (Phi) is 3.65. The summed E-state index contributed by atoms with van der Waals surface area (Å²) in [5.41, 5.74) is 7.55. The van der Waals surface area contributed by atoms with Crippen LogP contribution in [-0.4, -0.2) is 31.2 Å². The highest BCUT2D eigenvalue weighted by molar-refractivity contribution is 6.30. The van der Waals surface area contributed by atoms with Crippen molar-refractivity contribution in [2.75, 3.05) is 41.7 Å². The zero-order valence-corrected chi connectivity index (χ0v) is 11.9. The van der Waals surface area contributed by atoms with E-state index in [1.807, 2.05) is 30.3 Å². The SMILES string of the molecule is Nc1ccc(N2CCN(c3cccc(Cl)c3)CC2)nc1. The molecule has 2 heterocycles. The number of hydrogen-bond acceptors (Lipinski definition) is 4. The second-order valence-electron chi connectivity index (χ2n) is 4.90. The molecule has 0 saturated carbocycles. The molecule has 1 saturated heterocycles. The lowest BCUT2D eigenvalue weighted by Crippen LogP contribution is -2.46. The van der Waals surface area contributed by atoms with Gasteiger partial charge in [0.15, 0.2) is 0 Å². The van der Waals surface area contributed by atoms with Gasteiger partial charge in [-0.2, -0.15) is 0 Å². The minimum absolute atomic E-state index is 0.700. The maximum atomic E-state index is 6.04. The van der Waals surface area contributed by atoms with E-state index in [1.54, 1.807) is 6.20 Å². The number of halogens is 1. The van der Waals surface area contributed by atoms with E-state index < -0.39 is 0 Å². The van der Waals surface area contributed by atoms with Crippen molar-refractivity contribution in [1.82, 2.24) is 4.98 Å². The van der Waals surface area contributed by atoms with Crippen LogP contribution >= 0.6 is 11.6 Å². The number of aromatic nitrogens is 1. The molecule has 0 aliphatic carbocycles. The van der Waals surface area contributed by atoms with E-state index in [1.165, 1.54) is 5.69 Å². The van der Waals surface area contributed by atoms with E-state index in [-0.39, 0.29) is 0 Å². The zero-order valence-electron chi connectivity index (χ0n) is 11.2. The number of piperazine rings is 1. The lowest BCUT2D eigenvalue weighted by atomic mass is 10.2. The van der Waals surface area contributed by atoms with Gasteiger partial charge in [-0.3, -0.25) is 0 Å². The molecule has 2 N–H and O–H groups in total. The van der Waals surface area contributed by atoms with Crippen LogP contribution in [0.3, 0.4) is 0 Å². The summed E-state index contributed by atoms with van der Waals surface area (Å²) < 4.78 is 0. The Bertz CT molecular complexity index is 577. The van der Waals surface area contributed by atoms with E-state index in [4.69, 9.17) is 17.3 Å². The predicted octanol–water partition coefficient (Wildman–Crippen LogP) is 2.64. The standard InChI is InChI=1S/C15H17ClN4/c16-12-2-1-3-14(10-12)19-6-8-20(9-7-19)15-5-4-13(17)11-18-15/h1-5,10-11H,6-9,17H2. The van der Waals surface area contributed by atoms with Crippen molar-refractivity contribution < 1.29 is 0 Å². The van der Waals surface area contributed by atoms with Crippen molar-refractivity contribution in [3.63, 3.8) is 0 Å². The number of hydrogen-bond donors (Lipinski definition) is 1. The summed E-state index contributed by atoms with van der Waals surface area (Å²) in [6, 6.07) is 11.9. The van der Waals surface area contributed by atoms with E-state index in [0.717, 1.165) is 37.0 Å². The molecule has 1 aromatic carbocycles. The van der Waals surface area contributed by atoms with Gasteiger partial charge in [0.2, 0.25) is 0 Å². The number of rotatable bonds is 2. The number of nitrogen functional groups attached to an aromatic ring is 1. The molecule has 2 aromatic rings. The van der Waals surface area contributed by atoms with E-state index in [0.29, 0.717) is 5.69 Å². The average molecular weight is 289 g/mol. The van der Waals surface area contributed by atoms with Crippen LogP contribution in [0.4, 0.5) is 17.2 Å². The Morgan fingerprint density at radius 2 is 1.75 bits per heavy atom. The minimum atomic E-state index is 0.700. The van der Waals surface area contributed by atoms with Gasteiger partial charge in [0.05, 0.1) is 11.9 Å². The molecule has 1 aromatic heterocycles. The second-order valence-corrected chi connectivity index (χ2v) is 5.34. The Balaban J connectivity index is 1.66. The minimum Gasteiger partial charge on any atom is -0.397 e. The van der Waals surface area contributed by atoms with Gasteiger partial charge < -0.3 is 15.5 Å². The number of anilines is 3. The topological polar surface area (TPSA) is 45.4 Å². The van der Waals surface area contributed by atoms with Gasteiger partial charge in [-0.15, -0.1) is 0 Å². The van der Waals surface area contributed by atoms with Gasteiger partial charge in [-0.25, -0.2) is 4.98 Å². The molecule has 3 rings (SSSR count). The van der Waals surface area contributed by atoms with Gasteiger partial charge in [0.25, 0.3) is 0 Å². The van der Waals surface area contributed by atoms with Gasteiger partial charge in [0, 0.05) is 36.9 Å². The molecule has 1 aliphatic rings. The summed E-state index contributed by atoms with van der Waals surface area (Å²) in [5, 5.41) is 0.783. The third-order valence-electron chi connectivity index (χ3n) is 3.55. The van der Waals surface area contributed by atoms with Crippen molar-refractivity contribution in [3.8, 4) is 0 Å². The number of benzene rings is 1. The van der Waals surface area contributed by atoms with Gasteiger partial charge in [-0.05, 0) is 30.3 Å². The fraction of sp³-hybridized carbons (Fsp3) is 0.267. The molecule has 20 heavy (non-hydrogen) atoms. The quantitative estimate of drug-likeness (QED) is 0.923. The second kappa shape index (κ2) is 5.59. The van der Waals surface area contributed by atoms with Crippen LogP contribution in [0.15, 0.2) is 42.6 Å². The molecule has 4 nitrogen and oxygen atoms in total.